The summed E-state index contributed by atoms with van der Waals surface area (Å²) in [5, 5.41) is 5.45. The van der Waals surface area contributed by atoms with Crippen molar-refractivity contribution in [2.24, 2.45) is 0 Å². The first-order valence-corrected chi connectivity index (χ1v) is 8.58. The van der Waals surface area contributed by atoms with Crippen molar-refractivity contribution in [1.82, 2.24) is 4.98 Å². The van der Waals surface area contributed by atoms with Crippen molar-refractivity contribution in [2.45, 2.75) is 6.92 Å². The first kappa shape index (κ1) is 19.0. The molecule has 1 aromatic heterocycles. The molecule has 28 heavy (non-hydrogen) atoms. The number of carbonyl (C=O) groups is 1. The highest BCUT2D eigenvalue weighted by Gasteiger charge is 2.09. The minimum absolute atomic E-state index is 0.419. The van der Waals surface area contributed by atoms with Gasteiger partial charge in [-0.05, 0) is 42.8 Å². The molecule has 3 rings (SSSR count). The maximum absolute atomic E-state index is 12.2. The number of hydrogen-bond donors (Lipinski definition) is 2. The Balaban J connectivity index is 1.61. The molecule has 0 unspecified atom stereocenters. The van der Waals surface area contributed by atoms with Crippen molar-refractivity contribution in [3.8, 4) is 23.1 Å². The monoisotopic (exact) mass is 379 g/mol. The highest BCUT2D eigenvalue weighted by atomic mass is 16.5. The van der Waals surface area contributed by atoms with Gasteiger partial charge in [0.2, 0.25) is 5.88 Å². The van der Waals surface area contributed by atoms with Crippen molar-refractivity contribution in [1.29, 1.82) is 0 Å². The summed E-state index contributed by atoms with van der Waals surface area (Å²) < 4.78 is 16.1. The standard InChI is InChI=1S/C21H21N3O4/c1-14-5-4-6-17(11-14)28-20-10-7-15(13-22-20)23-21(25)24-18-9-8-16(26-2)12-19(18)27-3/h4-13H,1-3H3,(H2,23,24,25). The second-order valence-corrected chi connectivity index (χ2v) is 5.95. The molecule has 2 aromatic carbocycles. The highest BCUT2D eigenvalue weighted by molar-refractivity contribution is 6.00. The average molecular weight is 379 g/mol. The molecule has 0 saturated carbocycles. The first-order chi connectivity index (χ1) is 13.6. The predicted molar refractivity (Wildman–Crippen MR) is 108 cm³/mol. The molecule has 0 saturated heterocycles. The predicted octanol–water partition coefficient (Wildman–Crippen LogP) is 4.84. The number of nitrogens with zero attached hydrogens (tertiary/aromatic N) is 1. The molecule has 0 aliphatic rings. The molecule has 0 bridgehead atoms. The van der Waals surface area contributed by atoms with Gasteiger partial charge in [0.1, 0.15) is 17.2 Å². The Morgan fingerprint density at radius 3 is 2.46 bits per heavy atom. The van der Waals surface area contributed by atoms with E-state index in [1.807, 2.05) is 31.2 Å². The van der Waals surface area contributed by atoms with Crippen molar-refractivity contribution < 1.29 is 19.0 Å². The Bertz CT molecular complexity index is 958. The van der Waals surface area contributed by atoms with Gasteiger partial charge in [0, 0.05) is 12.1 Å². The quantitative estimate of drug-likeness (QED) is 0.640. The number of methoxy groups -OCH3 is 2. The lowest BCUT2D eigenvalue weighted by Crippen LogP contribution is -2.19. The van der Waals surface area contributed by atoms with E-state index >= 15 is 0 Å². The van der Waals surface area contributed by atoms with Crippen LogP contribution in [0.5, 0.6) is 23.1 Å². The van der Waals surface area contributed by atoms with Gasteiger partial charge in [-0.1, -0.05) is 12.1 Å². The van der Waals surface area contributed by atoms with Crippen LogP contribution in [0.2, 0.25) is 0 Å². The van der Waals surface area contributed by atoms with Gasteiger partial charge in [-0.25, -0.2) is 9.78 Å². The summed E-state index contributed by atoms with van der Waals surface area (Å²) in [5.41, 5.74) is 2.15. The fourth-order valence-corrected chi connectivity index (χ4v) is 2.50. The summed E-state index contributed by atoms with van der Waals surface area (Å²) >= 11 is 0. The first-order valence-electron chi connectivity index (χ1n) is 8.58. The number of aromatic nitrogens is 1. The summed E-state index contributed by atoms with van der Waals surface area (Å²) in [6.45, 7) is 1.99. The normalized spacial score (nSPS) is 10.1. The van der Waals surface area contributed by atoms with E-state index in [1.165, 1.54) is 13.3 Å². The van der Waals surface area contributed by atoms with Crippen molar-refractivity contribution in [3.63, 3.8) is 0 Å². The number of hydrogen-bond acceptors (Lipinski definition) is 5. The zero-order valence-electron chi connectivity index (χ0n) is 15.9. The number of ether oxygens (including phenoxy) is 3. The number of amides is 2. The zero-order valence-corrected chi connectivity index (χ0v) is 15.9. The van der Waals surface area contributed by atoms with Gasteiger partial charge >= 0.3 is 6.03 Å². The third kappa shape index (κ3) is 4.91. The SMILES string of the molecule is COc1ccc(NC(=O)Nc2ccc(Oc3cccc(C)c3)nc2)c(OC)c1. The molecule has 0 radical (unpaired) electrons. The zero-order chi connectivity index (χ0) is 19.9. The van der Waals surface area contributed by atoms with Crippen LogP contribution in [0.1, 0.15) is 5.56 Å². The van der Waals surface area contributed by atoms with Crippen molar-refractivity contribution in [3.05, 3.63) is 66.4 Å². The molecule has 2 N–H and O–H groups in total. The Labute approximate surface area is 163 Å². The molecule has 144 valence electrons. The molecule has 0 atom stereocenters. The molecule has 7 heteroatoms. The number of pyridine rings is 1. The Hall–Kier alpha value is -3.74. The van der Waals surface area contributed by atoms with E-state index in [-0.39, 0.29) is 0 Å². The topological polar surface area (TPSA) is 81.7 Å². The number of carbonyl (C=O) groups excluding carboxylic acids is 1. The van der Waals surface area contributed by atoms with E-state index in [0.717, 1.165) is 5.56 Å². The molecule has 0 spiro atoms. The van der Waals surface area contributed by atoms with Gasteiger partial charge < -0.3 is 24.8 Å². The summed E-state index contributed by atoms with van der Waals surface area (Å²) in [6.07, 6.45) is 1.52. The van der Waals surface area contributed by atoms with Crippen LogP contribution in [-0.2, 0) is 0 Å². The van der Waals surface area contributed by atoms with Crippen molar-refractivity contribution in [2.75, 3.05) is 24.9 Å². The number of benzene rings is 2. The van der Waals surface area contributed by atoms with E-state index in [0.29, 0.717) is 34.5 Å². The number of aryl methyl sites for hydroxylation is 1. The average Bonchev–Trinajstić information content (AvgIpc) is 2.70. The molecule has 7 nitrogen and oxygen atoms in total. The smallest absolute Gasteiger partial charge is 0.323 e. The molecule has 0 fully saturated rings. The molecular weight excluding hydrogens is 358 g/mol. The summed E-state index contributed by atoms with van der Waals surface area (Å²) in [6, 6.07) is 15.8. The lowest BCUT2D eigenvalue weighted by Gasteiger charge is -2.12. The molecule has 1 heterocycles. The Morgan fingerprint density at radius 2 is 1.79 bits per heavy atom. The molecule has 0 aliphatic carbocycles. The summed E-state index contributed by atoms with van der Waals surface area (Å²) in [7, 11) is 3.09. The minimum atomic E-state index is -0.419. The maximum atomic E-state index is 12.2. The second-order valence-electron chi connectivity index (χ2n) is 5.95. The van der Waals surface area contributed by atoms with Crippen LogP contribution in [-0.4, -0.2) is 25.2 Å². The van der Waals surface area contributed by atoms with Crippen molar-refractivity contribution >= 4 is 17.4 Å². The van der Waals surface area contributed by atoms with Gasteiger partial charge in [-0.2, -0.15) is 0 Å². The van der Waals surface area contributed by atoms with Gasteiger partial charge in [-0.15, -0.1) is 0 Å². The van der Waals surface area contributed by atoms with E-state index in [1.54, 1.807) is 37.4 Å². The maximum Gasteiger partial charge on any atom is 0.323 e. The third-order valence-electron chi connectivity index (χ3n) is 3.86. The summed E-state index contributed by atoms with van der Waals surface area (Å²) in [4.78, 5) is 16.5. The van der Waals surface area contributed by atoms with Crippen LogP contribution in [0.3, 0.4) is 0 Å². The number of nitrogens with one attached hydrogen (secondary N) is 2. The lowest BCUT2D eigenvalue weighted by atomic mass is 10.2. The largest absolute Gasteiger partial charge is 0.497 e. The van der Waals surface area contributed by atoms with E-state index < -0.39 is 6.03 Å². The summed E-state index contributed by atoms with van der Waals surface area (Å²) in [5.74, 6) is 2.27. The van der Waals surface area contributed by atoms with Crippen LogP contribution >= 0.6 is 0 Å². The second kappa shape index (κ2) is 8.77. The Morgan fingerprint density at radius 1 is 0.929 bits per heavy atom. The molecule has 2 amide bonds. The minimum Gasteiger partial charge on any atom is -0.497 e. The number of anilines is 2. The number of rotatable bonds is 6. The fraction of sp³-hybridized carbons (Fsp3) is 0.143. The van der Waals surface area contributed by atoms with Crippen LogP contribution in [0.4, 0.5) is 16.2 Å². The van der Waals surface area contributed by atoms with Gasteiger partial charge in [-0.3, -0.25) is 0 Å². The van der Waals surface area contributed by atoms with Crippen LogP contribution < -0.4 is 24.8 Å². The number of urea groups is 1. The van der Waals surface area contributed by atoms with Crippen LogP contribution in [0, 0.1) is 6.92 Å². The van der Waals surface area contributed by atoms with E-state index in [9.17, 15) is 4.79 Å². The highest BCUT2D eigenvalue weighted by Crippen LogP contribution is 2.29. The lowest BCUT2D eigenvalue weighted by molar-refractivity contribution is 0.262. The van der Waals surface area contributed by atoms with Crippen LogP contribution in [0.25, 0.3) is 0 Å². The third-order valence-corrected chi connectivity index (χ3v) is 3.86. The van der Waals surface area contributed by atoms with Gasteiger partial charge in [0.25, 0.3) is 0 Å². The Kier molecular flexibility index (Phi) is 5.96. The van der Waals surface area contributed by atoms with Gasteiger partial charge in [0.15, 0.2) is 0 Å². The van der Waals surface area contributed by atoms with E-state index in [2.05, 4.69) is 15.6 Å². The van der Waals surface area contributed by atoms with Gasteiger partial charge in [0.05, 0.1) is 31.8 Å². The van der Waals surface area contributed by atoms with E-state index in [4.69, 9.17) is 14.2 Å². The fourth-order valence-electron chi connectivity index (χ4n) is 2.50. The molecule has 3 aromatic rings. The molecular formula is C21H21N3O4. The molecule has 0 aliphatic heterocycles. The van der Waals surface area contributed by atoms with Crippen LogP contribution in [0.15, 0.2) is 60.8 Å².